The monoisotopic (exact) mass is 295 g/mol. The molecule has 0 aliphatic heterocycles. The Bertz CT molecular complexity index is 427. The number of aliphatic carboxylic acids is 1. The molecule has 1 atom stereocenters. The Labute approximate surface area is 113 Å². The molecule has 0 aromatic rings. The van der Waals surface area contributed by atoms with Crippen molar-refractivity contribution >= 4 is 22.0 Å². The third-order valence-corrected chi connectivity index (χ3v) is 3.72. The molecule has 8 nitrogen and oxygen atoms in total. The first-order valence-electron chi connectivity index (χ1n) is 5.68. The molecule has 0 radical (unpaired) electrons. The summed E-state index contributed by atoms with van der Waals surface area (Å²) in [5.74, 6) is -1.42. The number of carbonyl (C=O) groups is 2. The molecule has 0 saturated carbocycles. The number of hydrogen-bond acceptors (Lipinski definition) is 4. The standard InChI is InChI=1S/C10H21N3O5S/c1-10(2,3)7(8(14)15)13-9(16)12-5-6-19(17,18)11-4/h7,11H,5-6H2,1-4H3,(H,14,15)(H2,12,13,16). The summed E-state index contributed by atoms with van der Waals surface area (Å²) >= 11 is 0. The fourth-order valence-corrected chi connectivity index (χ4v) is 1.81. The summed E-state index contributed by atoms with van der Waals surface area (Å²) in [6, 6.07) is -1.78. The summed E-state index contributed by atoms with van der Waals surface area (Å²) in [6.07, 6.45) is 0. The minimum Gasteiger partial charge on any atom is -0.480 e. The lowest BCUT2D eigenvalue weighted by atomic mass is 9.87. The van der Waals surface area contributed by atoms with Crippen molar-refractivity contribution < 1.29 is 23.1 Å². The first-order chi connectivity index (χ1) is 8.49. The van der Waals surface area contributed by atoms with Crippen LogP contribution in [0.25, 0.3) is 0 Å². The van der Waals surface area contributed by atoms with Gasteiger partial charge < -0.3 is 15.7 Å². The van der Waals surface area contributed by atoms with Gasteiger partial charge in [-0.2, -0.15) is 0 Å². The molecule has 0 aliphatic carbocycles. The summed E-state index contributed by atoms with van der Waals surface area (Å²) in [4.78, 5) is 22.5. The van der Waals surface area contributed by atoms with Gasteiger partial charge >= 0.3 is 12.0 Å². The number of rotatable bonds is 6. The highest BCUT2D eigenvalue weighted by atomic mass is 32.2. The molecule has 0 rings (SSSR count). The second-order valence-electron chi connectivity index (χ2n) is 5.06. The average Bonchev–Trinajstić information content (AvgIpc) is 2.23. The van der Waals surface area contributed by atoms with E-state index in [0.717, 1.165) is 0 Å². The van der Waals surface area contributed by atoms with Gasteiger partial charge in [0.05, 0.1) is 5.75 Å². The van der Waals surface area contributed by atoms with E-state index in [1.165, 1.54) is 7.05 Å². The van der Waals surface area contributed by atoms with E-state index in [1.54, 1.807) is 20.8 Å². The second-order valence-corrected chi connectivity index (χ2v) is 7.11. The van der Waals surface area contributed by atoms with Crippen molar-refractivity contribution in [3.63, 3.8) is 0 Å². The van der Waals surface area contributed by atoms with Crippen LogP contribution in [0.5, 0.6) is 0 Å². The molecule has 0 aromatic carbocycles. The maximum Gasteiger partial charge on any atom is 0.326 e. The largest absolute Gasteiger partial charge is 0.480 e. The van der Waals surface area contributed by atoms with Gasteiger partial charge in [-0.1, -0.05) is 20.8 Å². The highest BCUT2D eigenvalue weighted by Gasteiger charge is 2.32. The first kappa shape index (κ1) is 17.6. The molecule has 4 N–H and O–H groups in total. The van der Waals surface area contributed by atoms with Crippen molar-refractivity contribution in [2.45, 2.75) is 26.8 Å². The molecule has 0 aromatic heterocycles. The van der Waals surface area contributed by atoms with Crippen LogP contribution in [0.15, 0.2) is 0 Å². The maximum atomic E-state index is 11.5. The number of carboxylic acids is 1. The van der Waals surface area contributed by atoms with Gasteiger partial charge in [-0.05, 0) is 12.5 Å². The first-order valence-corrected chi connectivity index (χ1v) is 7.33. The third-order valence-electron chi connectivity index (χ3n) is 2.36. The molecule has 0 heterocycles. The fraction of sp³-hybridized carbons (Fsp3) is 0.800. The molecule has 2 amide bonds. The minimum absolute atomic E-state index is 0.106. The van der Waals surface area contributed by atoms with Crippen LogP contribution in [0.2, 0.25) is 0 Å². The highest BCUT2D eigenvalue weighted by Crippen LogP contribution is 2.19. The predicted octanol–water partition coefficient (Wildman–Crippen LogP) is -0.666. The molecule has 0 saturated heterocycles. The number of amides is 2. The average molecular weight is 295 g/mol. The van der Waals surface area contributed by atoms with Crippen molar-refractivity contribution in [2.24, 2.45) is 5.41 Å². The van der Waals surface area contributed by atoms with Crippen molar-refractivity contribution in [1.29, 1.82) is 0 Å². The highest BCUT2D eigenvalue weighted by molar-refractivity contribution is 7.89. The zero-order valence-electron chi connectivity index (χ0n) is 11.5. The quantitative estimate of drug-likeness (QED) is 0.517. The van der Waals surface area contributed by atoms with Crippen LogP contribution in [0.3, 0.4) is 0 Å². The van der Waals surface area contributed by atoms with Crippen LogP contribution in [-0.2, 0) is 14.8 Å². The Morgan fingerprint density at radius 1 is 1.26 bits per heavy atom. The van der Waals surface area contributed by atoms with Crippen molar-refractivity contribution in [1.82, 2.24) is 15.4 Å². The number of carboxylic acid groups (broad SMARTS) is 1. The van der Waals surface area contributed by atoms with Gasteiger partial charge in [0.2, 0.25) is 10.0 Å². The Morgan fingerprint density at radius 3 is 2.16 bits per heavy atom. The van der Waals surface area contributed by atoms with E-state index in [-0.39, 0.29) is 12.3 Å². The van der Waals surface area contributed by atoms with Gasteiger partial charge in [-0.25, -0.2) is 22.7 Å². The van der Waals surface area contributed by atoms with Crippen LogP contribution < -0.4 is 15.4 Å². The van der Waals surface area contributed by atoms with E-state index in [2.05, 4.69) is 15.4 Å². The summed E-state index contributed by atoms with van der Waals surface area (Å²) in [5, 5.41) is 13.6. The van der Waals surface area contributed by atoms with Crippen LogP contribution in [-0.4, -0.2) is 50.9 Å². The summed E-state index contributed by atoms with van der Waals surface area (Å²) in [7, 11) is -2.12. The van der Waals surface area contributed by atoms with Crippen LogP contribution in [0.4, 0.5) is 4.79 Å². The number of hydrogen-bond donors (Lipinski definition) is 4. The van der Waals surface area contributed by atoms with Gasteiger partial charge in [0, 0.05) is 6.54 Å². The molecule has 1 unspecified atom stereocenters. The fourth-order valence-electron chi connectivity index (χ4n) is 1.23. The van der Waals surface area contributed by atoms with Gasteiger partial charge in [0.1, 0.15) is 6.04 Å². The van der Waals surface area contributed by atoms with Crippen molar-refractivity contribution in [2.75, 3.05) is 19.3 Å². The van der Waals surface area contributed by atoms with Gasteiger partial charge in [-0.3, -0.25) is 0 Å². The molecule has 0 fully saturated rings. The molecule has 9 heteroatoms. The molecule has 112 valence electrons. The number of urea groups is 1. The molecule has 0 bridgehead atoms. The zero-order valence-corrected chi connectivity index (χ0v) is 12.3. The minimum atomic E-state index is -3.40. The van der Waals surface area contributed by atoms with Crippen LogP contribution in [0, 0.1) is 5.41 Å². The lowest BCUT2D eigenvalue weighted by Crippen LogP contribution is -2.52. The van der Waals surface area contributed by atoms with E-state index < -0.39 is 33.5 Å². The molecular weight excluding hydrogens is 274 g/mol. The van der Waals surface area contributed by atoms with Crippen LogP contribution in [0.1, 0.15) is 20.8 Å². The smallest absolute Gasteiger partial charge is 0.326 e. The summed E-state index contributed by atoms with van der Waals surface area (Å²) in [6.45, 7) is 4.93. The van der Waals surface area contributed by atoms with E-state index in [0.29, 0.717) is 0 Å². The second kappa shape index (κ2) is 6.71. The van der Waals surface area contributed by atoms with Crippen LogP contribution >= 0.6 is 0 Å². The topological polar surface area (TPSA) is 125 Å². The zero-order chi connectivity index (χ0) is 15.3. The number of carbonyl (C=O) groups excluding carboxylic acids is 1. The summed E-state index contributed by atoms with van der Waals surface area (Å²) < 4.78 is 24.3. The Balaban J connectivity index is 4.35. The van der Waals surface area contributed by atoms with E-state index in [9.17, 15) is 18.0 Å². The van der Waals surface area contributed by atoms with E-state index >= 15 is 0 Å². The van der Waals surface area contributed by atoms with Crippen molar-refractivity contribution in [3.05, 3.63) is 0 Å². The molecule has 0 aliphatic rings. The summed E-state index contributed by atoms with van der Waals surface area (Å²) in [5.41, 5.74) is -0.653. The Morgan fingerprint density at radius 2 is 1.79 bits per heavy atom. The number of nitrogens with one attached hydrogen (secondary N) is 3. The Hall–Kier alpha value is -1.35. The van der Waals surface area contributed by atoms with E-state index in [1.807, 2.05) is 0 Å². The number of sulfonamides is 1. The third kappa shape index (κ3) is 6.97. The maximum absolute atomic E-state index is 11.5. The SMILES string of the molecule is CNS(=O)(=O)CCNC(=O)NC(C(=O)O)C(C)(C)C. The molecular formula is C10H21N3O5S. The lowest BCUT2D eigenvalue weighted by Gasteiger charge is -2.27. The molecule has 19 heavy (non-hydrogen) atoms. The normalized spacial score (nSPS) is 13.7. The molecule has 0 spiro atoms. The van der Waals surface area contributed by atoms with Gasteiger partial charge in [0.25, 0.3) is 0 Å². The van der Waals surface area contributed by atoms with Gasteiger partial charge in [0.15, 0.2) is 0 Å². The van der Waals surface area contributed by atoms with Gasteiger partial charge in [-0.15, -0.1) is 0 Å². The van der Waals surface area contributed by atoms with E-state index in [4.69, 9.17) is 5.11 Å². The van der Waals surface area contributed by atoms with Crippen molar-refractivity contribution in [3.8, 4) is 0 Å². The Kier molecular flexibility index (Phi) is 6.23. The lowest BCUT2D eigenvalue weighted by molar-refractivity contribution is -0.141. The predicted molar refractivity (Wildman–Crippen MR) is 70.3 cm³/mol.